The predicted octanol–water partition coefficient (Wildman–Crippen LogP) is 4.93. The third-order valence-corrected chi connectivity index (χ3v) is 5.37. The van der Waals surface area contributed by atoms with Crippen molar-refractivity contribution in [3.05, 3.63) is 77.7 Å². The van der Waals surface area contributed by atoms with Gasteiger partial charge >= 0.3 is 6.18 Å². The SMILES string of the molecule is O=C(Cc1ccccc1)N1CCCC[C@@H]1c1ccnc(Nc2cc(C(F)(F)F)ccn2)n1. The Hall–Kier alpha value is -3.49. The van der Waals surface area contributed by atoms with Crippen LogP contribution in [-0.2, 0) is 17.4 Å². The molecule has 9 heteroatoms. The van der Waals surface area contributed by atoms with Crippen molar-refractivity contribution in [1.29, 1.82) is 0 Å². The second-order valence-electron chi connectivity index (χ2n) is 7.62. The molecule has 3 heterocycles. The maximum atomic E-state index is 13.0. The Balaban J connectivity index is 1.53. The van der Waals surface area contributed by atoms with E-state index in [9.17, 15) is 18.0 Å². The zero-order valence-corrected chi connectivity index (χ0v) is 17.2. The number of nitrogens with one attached hydrogen (secondary N) is 1. The van der Waals surface area contributed by atoms with Crippen LogP contribution in [0.25, 0.3) is 0 Å². The summed E-state index contributed by atoms with van der Waals surface area (Å²) in [6.45, 7) is 0.637. The number of alkyl halides is 3. The number of carbonyl (C=O) groups is 1. The molecule has 0 bridgehead atoms. The molecular weight excluding hydrogens is 419 g/mol. The normalized spacial score (nSPS) is 16.6. The van der Waals surface area contributed by atoms with Gasteiger partial charge in [0.2, 0.25) is 11.9 Å². The fraction of sp³-hybridized carbons (Fsp3) is 0.304. The average molecular weight is 441 g/mol. The number of anilines is 2. The van der Waals surface area contributed by atoms with Gasteiger partial charge in [0.25, 0.3) is 0 Å². The third-order valence-electron chi connectivity index (χ3n) is 5.37. The van der Waals surface area contributed by atoms with Crippen LogP contribution in [0.1, 0.15) is 42.1 Å². The molecule has 1 N–H and O–H groups in total. The Bertz CT molecular complexity index is 1070. The summed E-state index contributed by atoms with van der Waals surface area (Å²) in [5.41, 5.74) is 0.786. The largest absolute Gasteiger partial charge is 0.416 e. The Morgan fingerprint density at radius 1 is 1.06 bits per heavy atom. The van der Waals surface area contributed by atoms with E-state index in [4.69, 9.17) is 0 Å². The molecule has 1 atom stereocenters. The van der Waals surface area contributed by atoms with Crippen LogP contribution in [0.5, 0.6) is 0 Å². The molecule has 4 rings (SSSR count). The number of piperidine rings is 1. The van der Waals surface area contributed by atoms with Crippen LogP contribution in [0.3, 0.4) is 0 Å². The molecule has 166 valence electrons. The number of hydrogen-bond acceptors (Lipinski definition) is 5. The number of likely N-dealkylation sites (tertiary alicyclic amines) is 1. The summed E-state index contributed by atoms with van der Waals surface area (Å²) in [5, 5.41) is 2.74. The summed E-state index contributed by atoms with van der Waals surface area (Å²) >= 11 is 0. The minimum Gasteiger partial charge on any atom is -0.334 e. The van der Waals surface area contributed by atoms with E-state index in [2.05, 4.69) is 20.3 Å². The number of carbonyl (C=O) groups excluding carboxylic acids is 1. The van der Waals surface area contributed by atoms with Gasteiger partial charge in [-0.05, 0) is 43.0 Å². The van der Waals surface area contributed by atoms with Crippen LogP contribution in [0.4, 0.5) is 24.9 Å². The van der Waals surface area contributed by atoms with E-state index in [-0.39, 0.29) is 23.7 Å². The summed E-state index contributed by atoms with van der Waals surface area (Å²) in [5.74, 6) is 0.154. The number of amides is 1. The molecule has 0 saturated carbocycles. The zero-order valence-electron chi connectivity index (χ0n) is 17.2. The summed E-state index contributed by atoms with van der Waals surface area (Å²) in [6.07, 6.45) is 1.10. The lowest BCUT2D eigenvalue weighted by Crippen LogP contribution is -2.39. The molecule has 2 aromatic heterocycles. The first-order valence-corrected chi connectivity index (χ1v) is 10.4. The third kappa shape index (κ3) is 5.22. The van der Waals surface area contributed by atoms with Crippen molar-refractivity contribution >= 4 is 17.7 Å². The Morgan fingerprint density at radius 3 is 2.62 bits per heavy atom. The highest BCUT2D eigenvalue weighted by Crippen LogP contribution is 2.32. The molecule has 0 unspecified atom stereocenters. The van der Waals surface area contributed by atoms with Gasteiger partial charge in [-0.2, -0.15) is 13.2 Å². The molecule has 1 aliphatic heterocycles. The first-order chi connectivity index (χ1) is 15.4. The first-order valence-electron chi connectivity index (χ1n) is 10.4. The second-order valence-corrected chi connectivity index (χ2v) is 7.62. The highest BCUT2D eigenvalue weighted by molar-refractivity contribution is 5.79. The van der Waals surface area contributed by atoms with Crippen molar-refractivity contribution in [2.75, 3.05) is 11.9 Å². The maximum absolute atomic E-state index is 13.0. The maximum Gasteiger partial charge on any atom is 0.416 e. The molecule has 0 spiro atoms. The molecule has 1 amide bonds. The van der Waals surface area contributed by atoms with E-state index in [0.717, 1.165) is 43.2 Å². The van der Waals surface area contributed by atoms with Gasteiger partial charge in [-0.15, -0.1) is 0 Å². The van der Waals surface area contributed by atoms with Crippen molar-refractivity contribution in [3.8, 4) is 0 Å². The van der Waals surface area contributed by atoms with E-state index >= 15 is 0 Å². The van der Waals surface area contributed by atoms with E-state index in [0.29, 0.717) is 18.7 Å². The van der Waals surface area contributed by atoms with Gasteiger partial charge in [-0.3, -0.25) is 4.79 Å². The number of pyridine rings is 1. The van der Waals surface area contributed by atoms with Crippen LogP contribution in [0.2, 0.25) is 0 Å². The lowest BCUT2D eigenvalue weighted by Gasteiger charge is -2.35. The van der Waals surface area contributed by atoms with Crippen LogP contribution < -0.4 is 5.32 Å². The van der Waals surface area contributed by atoms with E-state index in [1.54, 1.807) is 6.07 Å². The first kappa shape index (κ1) is 21.7. The van der Waals surface area contributed by atoms with Crippen molar-refractivity contribution in [3.63, 3.8) is 0 Å². The van der Waals surface area contributed by atoms with E-state index in [1.807, 2.05) is 35.2 Å². The summed E-state index contributed by atoms with van der Waals surface area (Å²) in [6, 6.07) is 12.9. The fourth-order valence-corrected chi connectivity index (χ4v) is 3.82. The van der Waals surface area contributed by atoms with Crippen molar-refractivity contribution in [2.45, 2.75) is 37.9 Å². The number of rotatable bonds is 5. The number of aromatic nitrogens is 3. The average Bonchev–Trinajstić information content (AvgIpc) is 2.79. The van der Waals surface area contributed by atoms with Crippen molar-refractivity contribution in [2.24, 2.45) is 0 Å². The van der Waals surface area contributed by atoms with Crippen LogP contribution in [-0.4, -0.2) is 32.3 Å². The minimum absolute atomic E-state index is 0.00220. The standard InChI is InChI=1S/C23H22F3N5O/c24-23(25,26)17-9-11-27-20(15-17)30-22-28-12-10-18(29-22)19-8-4-5-13-31(19)21(32)14-16-6-2-1-3-7-16/h1-3,6-7,9-12,15,19H,4-5,8,13-14H2,(H,27,28,29,30)/t19-/m1/s1. The molecule has 0 radical (unpaired) electrons. The number of halogens is 3. The highest BCUT2D eigenvalue weighted by atomic mass is 19.4. The van der Waals surface area contributed by atoms with Crippen molar-refractivity contribution < 1.29 is 18.0 Å². The molecule has 32 heavy (non-hydrogen) atoms. The van der Waals surface area contributed by atoms with Gasteiger partial charge in [0, 0.05) is 18.9 Å². The molecule has 1 aliphatic rings. The Morgan fingerprint density at radius 2 is 1.84 bits per heavy atom. The van der Waals surface area contributed by atoms with Gasteiger partial charge in [-0.1, -0.05) is 30.3 Å². The lowest BCUT2D eigenvalue weighted by atomic mass is 9.98. The molecule has 6 nitrogen and oxygen atoms in total. The molecule has 0 aliphatic carbocycles. The summed E-state index contributed by atoms with van der Waals surface area (Å²) < 4.78 is 38.9. The summed E-state index contributed by atoms with van der Waals surface area (Å²) in [4.78, 5) is 27.4. The highest BCUT2D eigenvalue weighted by Gasteiger charge is 2.31. The fourth-order valence-electron chi connectivity index (χ4n) is 3.82. The van der Waals surface area contributed by atoms with E-state index in [1.165, 1.54) is 6.20 Å². The second kappa shape index (κ2) is 9.33. The zero-order chi connectivity index (χ0) is 22.6. The quantitative estimate of drug-likeness (QED) is 0.608. The van der Waals surface area contributed by atoms with Gasteiger partial charge < -0.3 is 10.2 Å². The minimum atomic E-state index is -4.47. The topological polar surface area (TPSA) is 71.0 Å². The Labute approximate surface area is 183 Å². The van der Waals surface area contributed by atoms with Gasteiger partial charge in [0.15, 0.2) is 0 Å². The number of nitrogens with zero attached hydrogens (tertiary/aromatic N) is 4. The molecule has 1 fully saturated rings. The van der Waals surface area contributed by atoms with Crippen LogP contribution in [0.15, 0.2) is 60.9 Å². The Kier molecular flexibility index (Phi) is 6.34. The molecule has 1 saturated heterocycles. The number of hydrogen-bond donors (Lipinski definition) is 1. The predicted molar refractivity (Wildman–Crippen MR) is 113 cm³/mol. The number of benzene rings is 1. The molecule has 1 aromatic carbocycles. The van der Waals surface area contributed by atoms with Crippen molar-refractivity contribution in [1.82, 2.24) is 19.9 Å². The monoisotopic (exact) mass is 441 g/mol. The van der Waals surface area contributed by atoms with Gasteiger partial charge in [0.1, 0.15) is 5.82 Å². The summed E-state index contributed by atoms with van der Waals surface area (Å²) in [7, 11) is 0. The molecular formula is C23H22F3N5O. The van der Waals surface area contributed by atoms with Crippen LogP contribution >= 0.6 is 0 Å². The van der Waals surface area contributed by atoms with Gasteiger partial charge in [-0.25, -0.2) is 15.0 Å². The lowest BCUT2D eigenvalue weighted by molar-refractivity contribution is -0.137. The molecule has 3 aromatic rings. The van der Waals surface area contributed by atoms with Crippen LogP contribution in [0, 0.1) is 0 Å². The smallest absolute Gasteiger partial charge is 0.334 e. The van der Waals surface area contributed by atoms with E-state index < -0.39 is 11.7 Å². The van der Waals surface area contributed by atoms with Gasteiger partial charge in [0.05, 0.1) is 23.7 Å².